The Morgan fingerprint density at radius 2 is 1.88 bits per heavy atom. The maximum absolute atomic E-state index is 9.46. The number of likely N-dealkylation sites (tertiary alicyclic amines) is 1. The molecule has 1 unspecified atom stereocenters. The zero-order valence-electron chi connectivity index (χ0n) is 9.51. The Bertz CT molecular complexity index is 404. The van der Waals surface area contributed by atoms with E-state index >= 15 is 0 Å². The Labute approximate surface area is 106 Å². The fourth-order valence-corrected chi connectivity index (χ4v) is 2.28. The number of piperidine rings is 1. The number of nitrogens with zero attached hydrogens (tertiary/aromatic N) is 2. The molecule has 3 nitrogen and oxygen atoms in total. The molecule has 0 amide bonds. The van der Waals surface area contributed by atoms with Crippen LogP contribution in [-0.4, -0.2) is 29.2 Å². The molecule has 4 heteroatoms. The lowest BCUT2D eigenvalue weighted by Crippen LogP contribution is -2.38. The first kappa shape index (κ1) is 12.4. The van der Waals surface area contributed by atoms with E-state index in [1.165, 1.54) is 0 Å². The van der Waals surface area contributed by atoms with E-state index in [9.17, 15) is 10.4 Å². The highest BCUT2D eigenvalue weighted by atomic mass is 35.5. The normalized spacial score (nSPS) is 19.8. The van der Waals surface area contributed by atoms with Gasteiger partial charge in [0.25, 0.3) is 0 Å². The van der Waals surface area contributed by atoms with Gasteiger partial charge in [0.2, 0.25) is 0 Å². The second kappa shape index (κ2) is 5.50. The van der Waals surface area contributed by atoms with Gasteiger partial charge in [0.1, 0.15) is 6.04 Å². The van der Waals surface area contributed by atoms with Crippen LogP contribution >= 0.6 is 11.6 Å². The number of nitriles is 1. The molecule has 1 N–H and O–H groups in total. The molecule has 90 valence electrons. The molecule has 1 heterocycles. The van der Waals surface area contributed by atoms with E-state index in [0.717, 1.165) is 31.5 Å². The molecule has 1 aliphatic rings. The van der Waals surface area contributed by atoms with Crippen LogP contribution in [0.5, 0.6) is 0 Å². The minimum atomic E-state index is -0.236. The highest BCUT2D eigenvalue weighted by Crippen LogP contribution is 2.25. The first-order chi connectivity index (χ1) is 8.20. The van der Waals surface area contributed by atoms with E-state index in [2.05, 4.69) is 11.0 Å². The molecular weight excluding hydrogens is 236 g/mol. The summed E-state index contributed by atoms with van der Waals surface area (Å²) in [5.74, 6) is 0. The number of hydrogen-bond acceptors (Lipinski definition) is 3. The Morgan fingerprint density at radius 3 is 2.41 bits per heavy atom. The van der Waals surface area contributed by atoms with E-state index in [-0.39, 0.29) is 12.1 Å². The highest BCUT2D eigenvalue weighted by molar-refractivity contribution is 6.30. The molecule has 1 aromatic rings. The van der Waals surface area contributed by atoms with Crippen LogP contribution in [0.25, 0.3) is 0 Å². The van der Waals surface area contributed by atoms with Crippen LogP contribution in [0.3, 0.4) is 0 Å². The van der Waals surface area contributed by atoms with Crippen molar-refractivity contribution in [1.29, 1.82) is 5.26 Å². The molecule has 1 atom stereocenters. The van der Waals surface area contributed by atoms with Crippen LogP contribution in [0.2, 0.25) is 5.02 Å². The van der Waals surface area contributed by atoms with Crippen LogP contribution in [0.1, 0.15) is 24.4 Å². The summed E-state index contributed by atoms with van der Waals surface area (Å²) in [6.45, 7) is 1.53. The number of aliphatic hydroxyl groups is 1. The average Bonchev–Trinajstić information content (AvgIpc) is 2.35. The fraction of sp³-hybridized carbons (Fsp3) is 0.462. The van der Waals surface area contributed by atoms with Gasteiger partial charge in [0.15, 0.2) is 0 Å². The Morgan fingerprint density at radius 1 is 1.29 bits per heavy atom. The Balaban J connectivity index is 2.11. The first-order valence-electron chi connectivity index (χ1n) is 5.78. The highest BCUT2D eigenvalue weighted by Gasteiger charge is 2.24. The van der Waals surface area contributed by atoms with Crippen molar-refractivity contribution in [3.8, 4) is 6.07 Å². The van der Waals surface area contributed by atoms with Crippen molar-refractivity contribution in [3.05, 3.63) is 34.9 Å². The quantitative estimate of drug-likeness (QED) is 0.877. The molecule has 2 rings (SSSR count). The second-order valence-electron chi connectivity index (χ2n) is 4.35. The number of hydrogen-bond donors (Lipinski definition) is 1. The lowest BCUT2D eigenvalue weighted by atomic mass is 10.0. The summed E-state index contributed by atoms with van der Waals surface area (Å²) in [7, 11) is 0. The third-order valence-corrected chi connectivity index (χ3v) is 3.42. The summed E-state index contributed by atoms with van der Waals surface area (Å²) in [5, 5.41) is 19.4. The van der Waals surface area contributed by atoms with Gasteiger partial charge in [-0.05, 0) is 30.5 Å². The molecule has 1 aliphatic heterocycles. The predicted octanol–water partition coefficient (Wildman–Crippen LogP) is 2.36. The van der Waals surface area contributed by atoms with Crippen LogP contribution in [0, 0.1) is 11.3 Å². The van der Waals surface area contributed by atoms with Crippen LogP contribution in [-0.2, 0) is 0 Å². The molecular formula is C13H15ClN2O. The predicted molar refractivity (Wildman–Crippen MR) is 66.6 cm³/mol. The van der Waals surface area contributed by atoms with Gasteiger partial charge in [-0.15, -0.1) is 0 Å². The van der Waals surface area contributed by atoms with Crippen LogP contribution < -0.4 is 0 Å². The SMILES string of the molecule is N#CC(c1ccc(Cl)cc1)N1CCC(O)CC1. The summed E-state index contributed by atoms with van der Waals surface area (Å²) in [4.78, 5) is 2.11. The van der Waals surface area contributed by atoms with Gasteiger partial charge in [-0.3, -0.25) is 4.90 Å². The number of aliphatic hydroxyl groups excluding tert-OH is 1. The average molecular weight is 251 g/mol. The fourth-order valence-electron chi connectivity index (χ4n) is 2.16. The smallest absolute Gasteiger partial charge is 0.123 e. The maximum atomic E-state index is 9.46. The van der Waals surface area contributed by atoms with Crippen molar-refractivity contribution in [2.45, 2.75) is 25.0 Å². The topological polar surface area (TPSA) is 47.3 Å². The molecule has 1 fully saturated rings. The third kappa shape index (κ3) is 2.98. The molecule has 0 aromatic heterocycles. The van der Waals surface area contributed by atoms with Crippen molar-refractivity contribution in [2.75, 3.05) is 13.1 Å². The van der Waals surface area contributed by atoms with Crippen molar-refractivity contribution in [1.82, 2.24) is 4.90 Å². The summed E-state index contributed by atoms with van der Waals surface area (Å²) in [6, 6.07) is 9.48. The molecule has 17 heavy (non-hydrogen) atoms. The Hall–Kier alpha value is -1.08. The van der Waals surface area contributed by atoms with Gasteiger partial charge < -0.3 is 5.11 Å². The van der Waals surface area contributed by atoms with E-state index in [1.54, 1.807) is 12.1 Å². The molecule has 1 aromatic carbocycles. The molecule has 0 spiro atoms. The first-order valence-corrected chi connectivity index (χ1v) is 6.15. The molecule has 1 saturated heterocycles. The molecule has 0 saturated carbocycles. The van der Waals surface area contributed by atoms with E-state index in [4.69, 9.17) is 11.6 Å². The maximum Gasteiger partial charge on any atom is 0.123 e. The van der Waals surface area contributed by atoms with Crippen molar-refractivity contribution >= 4 is 11.6 Å². The molecule has 0 aliphatic carbocycles. The van der Waals surface area contributed by atoms with Gasteiger partial charge in [-0.1, -0.05) is 23.7 Å². The molecule has 0 radical (unpaired) electrons. The largest absolute Gasteiger partial charge is 0.393 e. The summed E-state index contributed by atoms with van der Waals surface area (Å²) >= 11 is 5.83. The number of halogens is 1. The van der Waals surface area contributed by atoms with Crippen LogP contribution in [0.4, 0.5) is 0 Å². The van der Waals surface area contributed by atoms with Gasteiger partial charge in [-0.25, -0.2) is 0 Å². The number of benzene rings is 1. The van der Waals surface area contributed by atoms with Crippen LogP contribution in [0.15, 0.2) is 24.3 Å². The Kier molecular flexibility index (Phi) is 4.01. The van der Waals surface area contributed by atoms with Gasteiger partial charge in [0.05, 0.1) is 12.2 Å². The van der Waals surface area contributed by atoms with E-state index < -0.39 is 0 Å². The summed E-state index contributed by atoms with van der Waals surface area (Å²) < 4.78 is 0. The lowest BCUT2D eigenvalue weighted by molar-refractivity contribution is 0.0716. The number of rotatable bonds is 2. The zero-order chi connectivity index (χ0) is 12.3. The van der Waals surface area contributed by atoms with Crippen molar-refractivity contribution in [3.63, 3.8) is 0 Å². The van der Waals surface area contributed by atoms with E-state index in [0.29, 0.717) is 5.02 Å². The van der Waals surface area contributed by atoms with Gasteiger partial charge in [-0.2, -0.15) is 5.26 Å². The van der Waals surface area contributed by atoms with Crippen molar-refractivity contribution in [2.24, 2.45) is 0 Å². The van der Waals surface area contributed by atoms with E-state index in [1.807, 2.05) is 12.1 Å². The van der Waals surface area contributed by atoms with Crippen molar-refractivity contribution < 1.29 is 5.11 Å². The third-order valence-electron chi connectivity index (χ3n) is 3.17. The summed E-state index contributed by atoms with van der Waals surface area (Å²) in [5.41, 5.74) is 0.966. The van der Waals surface area contributed by atoms with Gasteiger partial charge >= 0.3 is 0 Å². The second-order valence-corrected chi connectivity index (χ2v) is 4.79. The summed E-state index contributed by atoms with van der Waals surface area (Å²) in [6.07, 6.45) is 1.27. The lowest BCUT2D eigenvalue weighted by Gasteiger charge is -2.32. The standard InChI is InChI=1S/C13H15ClN2O/c14-11-3-1-10(2-4-11)13(9-15)16-7-5-12(17)6-8-16/h1-4,12-13,17H,5-8H2. The molecule has 0 bridgehead atoms. The zero-order valence-corrected chi connectivity index (χ0v) is 10.3. The van der Waals surface area contributed by atoms with Gasteiger partial charge in [0, 0.05) is 18.1 Å². The monoisotopic (exact) mass is 250 g/mol. The minimum absolute atomic E-state index is 0.212. The minimum Gasteiger partial charge on any atom is -0.393 e.